The van der Waals surface area contributed by atoms with E-state index in [4.69, 9.17) is 19.2 Å². The lowest BCUT2D eigenvalue weighted by molar-refractivity contribution is 0.404. The van der Waals surface area contributed by atoms with Crippen molar-refractivity contribution in [3.8, 4) is 34.1 Å². The molecule has 1 aliphatic rings. The largest absolute Gasteiger partial charge is 0.507 e. The van der Waals surface area contributed by atoms with Gasteiger partial charge in [-0.3, -0.25) is 4.99 Å². The van der Waals surface area contributed by atoms with Crippen LogP contribution in [-0.2, 0) is 6.42 Å². The molecule has 5 nitrogen and oxygen atoms in total. The highest BCUT2D eigenvalue weighted by Gasteiger charge is 2.28. The highest BCUT2D eigenvalue weighted by Crippen LogP contribution is 2.50. The normalized spacial score (nSPS) is 15.5. The molecule has 0 aliphatic carbocycles. The van der Waals surface area contributed by atoms with Crippen LogP contribution in [0.5, 0.6) is 23.0 Å². The molecule has 0 radical (unpaired) electrons. The number of aliphatic imine (C=N–C) groups is 1. The number of phenolic OH excluding ortho intramolecular Hbond substituents is 1. The van der Waals surface area contributed by atoms with Gasteiger partial charge in [0, 0.05) is 16.8 Å². The Hall–Kier alpha value is -3.21. The molecule has 0 saturated carbocycles. The molecule has 1 aliphatic heterocycles. The zero-order valence-corrected chi connectivity index (χ0v) is 18.3. The first kappa shape index (κ1) is 20.1. The molecule has 0 spiro atoms. The molecule has 30 heavy (non-hydrogen) atoms. The van der Waals surface area contributed by atoms with Gasteiger partial charge in [0.1, 0.15) is 23.0 Å². The average molecular weight is 405 g/mol. The Morgan fingerprint density at radius 3 is 2.33 bits per heavy atom. The number of phenols is 1. The van der Waals surface area contributed by atoms with Gasteiger partial charge in [-0.05, 0) is 61.9 Å². The number of fused-ring (bicyclic) bond motifs is 2. The number of rotatable bonds is 4. The maximum atomic E-state index is 11.2. The molecule has 156 valence electrons. The lowest BCUT2D eigenvalue weighted by Crippen LogP contribution is -2.18. The predicted octanol–water partition coefficient (Wildman–Crippen LogP) is 5.30. The molecule has 0 saturated heterocycles. The van der Waals surface area contributed by atoms with Crippen LogP contribution in [0.2, 0.25) is 0 Å². The van der Waals surface area contributed by atoms with E-state index in [0.29, 0.717) is 17.1 Å². The van der Waals surface area contributed by atoms with E-state index in [9.17, 15) is 5.11 Å². The summed E-state index contributed by atoms with van der Waals surface area (Å²) in [6, 6.07) is 9.88. The maximum absolute atomic E-state index is 11.2. The van der Waals surface area contributed by atoms with Crippen molar-refractivity contribution in [2.45, 2.75) is 33.2 Å². The molecule has 0 bridgehead atoms. The molecule has 4 rings (SSSR count). The van der Waals surface area contributed by atoms with Gasteiger partial charge >= 0.3 is 0 Å². The molecule has 3 aromatic rings. The van der Waals surface area contributed by atoms with E-state index in [1.165, 1.54) is 0 Å². The topological polar surface area (TPSA) is 60.3 Å². The summed E-state index contributed by atoms with van der Waals surface area (Å²) in [5.74, 6) is 2.29. The quantitative estimate of drug-likeness (QED) is 0.640. The summed E-state index contributed by atoms with van der Waals surface area (Å²) in [6.45, 7) is 6.09. The van der Waals surface area contributed by atoms with Crippen molar-refractivity contribution in [2.24, 2.45) is 4.99 Å². The SMILES string of the molecule is COc1c2c(cc(O)c1-c1c(C)cc(OC)c3c(OC)cccc13)C[C@@H](C)N=C2C. The first-order chi connectivity index (χ1) is 14.4. The van der Waals surface area contributed by atoms with Gasteiger partial charge in [-0.1, -0.05) is 12.1 Å². The van der Waals surface area contributed by atoms with Crippen molar-refractivity contribution in [1.82, 2.24) is 0 Å². The molecule has 0 aromatic heterocycles. The second-order valence-electron chi connectivity index (χ2n) is 7.76. The first-order valence-corrected chi connectivity index (χ1v) is 10.0. The number of benzene rings is 3. The lowest BCUT2D eigenvalue weighted by Gasteiger charge is -2.25. The molecule has 5 heteroatoms. The van der Waals surface area contributed by atoms with Crippen molar-refractivity contribution in [3.63, 3.8) is 0 Å². The minimum Gasteiger partial charge on any atom is -0.507 e. The average Bonchev–Trinajstić information content (AvgIpc) is 2.72. The maximum Gasteiger partial charge on any atom is 0.139 e. The summed E-state index contributed by atoms with van der Waals surface area (Å²) in [4.78, 5) is 4.75. The zero-order valence-electron chi connectivity index (χ0n) is 18.3. The number of nitrogens with zero attached hydrogens (tertiary/aromatic N) is 1. The minimum atomic E-state index is 0.181. The van der Waals surface area contributed by atoms with Gasteiger partial charge in [0.25, 0.3) is 0 Å². The number of hydrogen-bond donors (Lipinski definition) is 1. The van der Waals surface area contributed by atoms with Crippen molar-refractivity contribution >= 4 is 16.5 Å². The Balaban J connectivity index is 2.14. The van der Waals surface area contributed by atoms with E-state index in [1.54, 1.807) is 21.3 Å². The summed E-state index contributed by atoms with van der Waals surface area (Å²) in [7, 11) is 4.94. The molecule has 3 aromatic carbocycles. The number of ether oxygens (including phenoxy) is 3. The first-order valence-electron chi connectivity index (χ1n) is 10.0. The molecule has 0 amide bonds. The molecular formula is C25H27NO4. The van der Waals surface area contributed by atoms with E-state index in [-0.39, 0.29) is 11.8 Å². The van der Waals surface area contributed by atoms with Crippen LogP contribution in [-0.4, -0.2) is 38.2 Å². The molecule has 1 N–H and O–H groups in total. The van der Waals surface area contributed by atoms with Crippen LogP contribution in [0.3, 0.4) is 0 Å². The molecule has 1 heterocycles. The number of aromatic hydroxyl groups is 1. The molecular weight excluding hydrogens is 378 g/mol. The van der Waals surface area contributed by atoms with E-state index >= 15 is 0 Å². The highest BCUT2D eigenvalue weighted by molar-refractivity contribution is 6.10. The smallest absolute Gasteiger partial charge is 0.139 e. The second kappa shape index (κ2) is 7.56. The fourth-order valence-electron chi connectivity index (χ4n) is 4.67. The van der Waals surface area contributed by atoms with Gasteiger partial charge in [-0.25, -0.2) is 0 Å². The van der Waals surface area contributed by atoms with E-state index in [2.05, 4.69) is 6.92 Å². The Morgan fingerprint density at radius 2 is 1.67 bits per heavy atom. The van der Waals surface area contributed by atoms with Crippen molar-refractivity contribution in [3.05, 3.63) is 47.0 Å². The third-order valence-electron chi connectivity index (χ3n) is 5.81. The van der Waals surface area contributed by atoms with E-state index in [0.717, 1.165) is 50.9 Å². The number of methoxy groups -OCH3 is 3. The van der Waals surface area contributed by atoms with Gasteiger partial charge in [-0.2, -0.15) is 0 Å². The van der Waals surface area contributed by atoms with Gasteiger partial charge in [-0.15, -0.1) is 0 Å². The third-order valence-corrected chi connectivity index (χ3v) is 5.81. The monoisotopic (exact) mass is 405 g/mol. The van der Waals surface area contributed by atoms with Crippen LogP contribution < -0.4 is 14.2 Å². The number of hydrogen-bond acceptors (Lipinski definition) is 5. The molecule has 0 unspecified atom stereocenters. The Labute approximate surface area is 176 Å². The summed E-state index contributed by atoms with van der Waals surface area (Å²) in [5.41, 5.74) is 5.48. The van der Waals surface area contributed by atoms with Crippen molar-refractivity contribution < 1.29 is 19.3 Å². The van der Waals surface area contributed by atoms with Crippen molar-refractivity contribution in [1.29, 1.82) is 0 Å². The predicted molar refractivity (Wildman–Crippen MR) is 121 cm³/mol. The van der Waals surface area contributed by atoms with E-state index in [1.807, 2.05) is 44.2 Å². The lowest BCUT2D eigenvalue weighted by atomic mass is 9.86. The van der Waals surface area contributed by atoms with Crippen molar-refractivity contribution in [2.75, 3.05) is 21.3 Å². The van der Waals surface area contributed by atoms with E-state index < -0.39 is 0 Å². The zero-order chi connectivity index (χ0) is 21.6. The van der Waals surface area contributed by atoms with Gasteiger partial charge in [0.05, 0.1) is 38.3 Å². The van der Waals surface area contributed by atoms with Gasteiger partial charge in [0.15, 0.2) is 0 Å². The fraction of sp³-hybridized carbons (Fsp3) is 0.320. The summed E-state index contributed by atoms with van der Waals surface area (Å²) in [5, 5.41) is 13.0. The second-order valence-corrected chi connectivity index (χ2v) is 7.76. The summed E-state index contributed by atoms with van der Waals surface area (Å²) < 4.78 is 17.2. The third kappa shape index (κ3) is 2.96. The Kier molecular flexibility index (Phi) is 5.06. The standard InChI is InChI=1S/C25H27NO4/c1-13-10-20(29-5)23-17(8-7-9-19(23)28-4)21(13)24-18(27)12-16-11-14(2)26-15(3)22(16)25(24)30-6/h7-10,12,14,27H,11H2,1-6H3/t14-/m1/s1. The van der Waals surface area contributed by atoms with Crippen LogP contribution >= 0.6 is 0 Å². The van der Waals surface area contributed by atoms with Crippen LogP contribution in [0.4, 0.5) is 0 Å². The number of aryl methyl sites for hydroxylation is 1. The van der Waals surface area contributed by atoms with Gasteiger partial charge in [0.2, 0.25) is 0 Å². The minimum absolute atomic E-state index is 0.181. The van der Waals surface area contributed by atoms with Crippen LogP contribution in [0, 0.1) is 6.92 Å². The summed E-state index contributed by atoms with van der Waals surface area (Å²) in [6.07, 6.45) is 0.771. The molecule has 0 fully saturated rings. The highest BCUT2D eigenvalue weighted by atomic mass is 16.5. The van der Waals surface area contributed by atoms with Gasteiger partial charge < -0.3 is 19.3 Å². The fourth-order valence-corrected chi connectivity index (χ4v) is 4.67. The molecule has 1 atom stereocenters. The summed E-state index contributed by atoms with van der Waals surface area (Å²) >= 11 is 0. The van der Waals surface area contributed by atoms with Crippen LogP contribution in [0.15, 0.2) is 35.3 Å². The Bertz CT molecular complexity index is 1180. The van der Waals surface area contributed by atoms with Crippen LogP contribution in [0.1, 0.15) is 30.5 Å². The van der Waals surface area contributed by atoms with Crippen LogP contribution in [0.25, 0.3) is 21.9 Å². The Morgan fingerprint density at radius 1 is 0.933 bits per heavy atom.